The Labute approximate surface area is 318 Å². The number of rotatable bonds is 17. The molecule has 3 saturated heterocycles. The number of nitrogens with one attached hydrogen (secondary N) is 1. The standard InChI is InChI=1S/C32H55NO23/c1-9-14(6-37)51-30(24(48)18(9)42)55-28-16(8-39)53-32(26(50)23(28)47)56-29-15(7-38)52-31(25(49)22(29)46)54-27-10(3-34)2-11(19(43)21(27)45)33-17(12(40)4-35)20(44)13(41)5-36/h2,9,11-19,21-43,45-50H,3-8H2,1H3. The first-order chi connectivity index (χ1) is 26.5. The van der Waals surface area contributed by atoms with E-state index in [0.29, 0.717) is 0 Å². The van der Waals surface area contributed by atoms with Crippen LogP contribution in [0.5, 0.6) is 0 Å². The maximum absolute atomic E-state index is 12.5. The van der Waals surface area contributed by atoms with Crippen molar-refractivity contribution in [2.75, 3.05) is 39.6 Å². The lowest BCUT2D eigenvalue weighted by molar-refractivity contribution is -0.380. The first-order valence-corrected chi connectivity index (χ1v) is 17.9. The van der Waals surface area contributed by atoms with Gasteiger partial charge in [0.2, 0.25) is 0 Å². The van der Waals surface area contributed by atoms with E-state index in [4.69, 9.17) is 33.5 Å². The molecule has 4 aliphatic rings. The summed E-state index contributed by atoms with van der Waals surface area (Å²) in [7, 11) is 0. The molecule has 3 aliphatic heterocycles. The highest BCUT2D eigenvalue weighted by Crippen LogP contribution is 2.35. The van der Waals surface area contributed by atoms with E-state index in [1.54, 1.807) is 0 Å². The van der Waals surface area contributed by atoms with Gasteiger partial charge in [-0.3, -0.25) is 10.1 Å². The Morgan fingerprint density at radius 3 is 1.55 bits per heavy atom. The van der Waals surface area contributed by atoms with Gasteiger partial charge in [-0.05, 0) is 5.57 Å². The highest BCUT2D eigenvalue weighted by molar-refractivity contribution is 5.88. The predicted molar refractivity (Wildman–Crippen MR) is 176 cm³/mol. The number of Topliss-reactive ketones (excluding diaryl/α,β-unsaturated/α-hetero) is 1. The average molecular weight is 822 g/mol. The van der Waals surface area contributed by atoms with Crippen molar-refractivity contribution >= 4 is 5.78 Å². The quantitative estimate of drug-likeness (QED) is 0.0606. The molecule has 17 N–H and O–H groups in total. The second-order valence-corrected chi connectivity index (χ2v) is 14.1. The maximum Gasteiger partial charge on any atom is 0.187 e. The fourth-order valence-corrected chi connectivity index (χ4v) is 7.00. The van der Waals surface area contributed by atoms with E-state index >= 15 is 0 Å². The lowest BCUT2D eigenvalue weighted by Gasteiger charge is -2.48. The Morgan fingerprint density at radius 2 is 1.11 bits per heavy atom. The molecule has 24 heteroatoms. The Balaban J connectivity index is 1.45. The Morgan fingerprint density at radius 1 is 0.643 bits per heavy atom. The minimum absolute atomic E-state index is 0.196. The van der Waals surface area contributed by atoms with Gasteiger partial charge in [0.15, 0.2) is 24.7 Å². The van der Waals surface area contributed by atoms with Crippen molar-refractivity contribution in [3.63, 3.8) is 0 Å². The van der Waals surface area contributed by atoms with Crippen molar-refractivity contribution in [2.24, 2.45) is 5.92 Å². The van der Waals surface area contributed by atoms with E-state index in [9.17, 15) is 81.4 Å². The molecule has 24 nitrogen and oxygen atoms in total. The van der Waals surface area contributed by atoms with Gasteiger partial charge >= 0.3 is 0 Å². The summed E-state index contributed by atoms with van der Waals surface area (Å²) >= 11 is 0. The van der Waals surface area contributed by atoms with Gasteiger partial charge in [0.05, 0.1) is 70.0 Å². The SMILES string of the molecule is CC1C(CO)OC(OC2C(CO)OC(OC3C(CO)OC(OC4C(CO)=CC(NC(C(=O)C(O)CO)C(O)CO)C(O)C4O)C(O)C3O)C(O)C2O)C(O)C1O. The van der Waals surface area contributed by atoms with Crippen LogP contribution >= 0.6 is 0 Å². The lowest BCUT2D eigenvalue weighted by atomic mass is 9.86. The molecule has 326 valence electrons. The summed E-state index contributed by atoms with van der Waals surface area (Å²) in [6.45, 7) is -3.80. The molecule has 0 spiro atoms. The lowest BCUT2D eigenvalue weighted by Crippen LogP contribution is -2.66. The molecule has 0 radical (unpaired) electrons. The van der Waals surface area contributed by atoms with Crippen LogP contribution < -0.4 is 5.32 Å². The zero-order valence-electron chi connectivity index (χ0n) is 30.0. The molecular formula is C32H55NO23. The Hall–Kier alpha value is -1.51. The third-order valence-electron chi connectivity index (χ3n) is 10.5. The monoisotopic (exact) mass is 821 g/mol. The largest absolute Gasteiger partial charge is 0.394 e. The zero-order valence-corrected chi connectivity index (χ0v) is 30.0. The summed E-state index contributed by atoms with van der Waals surface area (Å²) < 4.78 is 33.6. The van der Waals surface area contributed by atoms with E-state index in [-0.39, 0.29) is 5.57 Å². The number of ketones is 1. The van der Waals surface area contributed by atoms with E-state index < -0.39 is 180 Å². The summed E-state index contributed by atoms with van der Waals surface area (Å²) in [5, 5.41) is 168. The highest BCUT2D eigenvalue weighted by atomic mass is 16.8. The van der Waals surface area contributed by atoms with Gasteiger partial charge in [-0.2, -0.15) is 0 Å². The predicted octanol–water partition coefficient (Wildman–Crippen LogP) is -10.6. The van der Waals surface area contributed by atoms with Crippen LogP contribution in [0.25, 0.3) is 0 Å². The molecule has 22 unspecified atom stereocenters. The molecule has 3 fully saturated rings. The molecule has 4 rings (SSSR count). The minimum atomic E-state index is -2.08. The van der Waals surface area contributed by atoms with Gasteiger partial charge in [0, 0.05) is 5.92 Å². The summed E-state index contributed by atoms with van der Waals surface area (Å²) in [5.41, 5.74) is -0.196. The molecule has 3 heterocycles. The molecule has 0 aromatic carbocycles. The van der Waals surface area contributed by atoms with E-state index in [2.05, 4.69) is 5.32 Å². The zero-order chi connectivity index (χ0) is 41.8. The van der Waals surface area contributed by atoms with Gasteiger partial charge in [0.25, 0.3) is 0 Å². The van der Waals surface area contributed by atoms with Gasteiger partial charge < -0.3 is 110 Å². The fourth-order valence-electron chi connectivity index (χ4n) is 7.00. The second kappa shape index (κ2) is 20.6. The summed E-state index contributed by atoms with van der Waals surface area (Å²) in [6.07, 6.45) is -32.5. The number of carbonyl (C=O) groups is 1. The summed E-state index contributed by atoms with van der Waals surface area (Å²) in [6, 6.07) is -3.23. The Kier molecular flexibility index (Phi) is 17.4. The van der Waals surface area contributed by atoms with Crippen LogP contribution in [-0.2, 0) is 33.2 Å². The molecule has 0 amide bonds. The van der Waals surface area contributed by atoms with Crippen LogP contribution in [0, 0.1) is 5.92 Å². The summed E-state index contributed by atoms with van der Waals surface area (Å²) in [5.74, 6) is -1.89. The van der Waals surface area contributed by atoms with Crippen molar-refractivity contribution < 1.29 is 115 Å². The third-order valence-corrected chi connectivity index (χ3v) is 10.5. The third kappa shape index (κ3) is 9.91. The van der Waals surface area contributed by atoms with Crippen molar-refractivity contribution in [3.8, 4) is 0 Å². The van der Waals surface area contributed by atoms with Crippen molar-refractivity contribution in [3.05, 3.63) is 11.6 Å². The van der Waals surface area contributed by atoms with E-state index in [1.165, 1.54) is 6.92 Å². The topological polar surface area (TPSA) is 408 Å². The van der Waals surface area contributed by atoms with Crippen LogP contribution in [0.15, 0.2) is 11.6 Å². The molecule has 22 atom stereocenters. The summed E-state index contributed by atoms with van der Waals surface area (Å²) in [4.78, 5) is 12.5. The van der Waals surface area contributed by atoms with Crippen molar-refractivity contribution in [1.82, 2.24) is 5.32 Å². The van der Waals surface area contributed by atoms with Gasteiger partial charge in [-0.25, -0.2) is 0 Å². The maximum atomic E-state index is 12.5. The molecular weight excluding hydrogens is 766 g/mol. The molecule has 56 heavy (non-hydrogen) atoms. The number of hydrogen-bond donors (Lipinski definition) is 17. The van der Waals surface area contributed by atoms with Crippen LogP contribution in [0.4, 0.5) is 0 Å². The molecule has 0 aromatic heterocycles. The number of ether oxygens (including phenoxy) is 6. The average Bonchev–Trinajstić information content (AvgIpc) is 3.20. The van der Waals surface area contributed by atoms with E-state index in [1.807, 2.05) is 0 Å². The second-order valence-electron chi connectivity index (χ2n) is 14.1. The molecule has 1 aliphatic carbocycles. The smallest absolute Gasteiger partial charge is 0.187 e. The van der Waals surface area contributed by atoms with Crippen molar-refractivity contribution in [2.45, 2.75) is 136 Å². The number of aliphatic hydroxyl groups excluding tert-OH is 16. The number of hydrogen-bond acceptors (Lipinski definition) is 24. The number of carbonyl (C=O) groups excluding carboxylic acids is 1. The normalized spacial score (nSPS) is 45.2. The molecule has 0 saturated carbocycles. The van der Waals surface area contributed by atoms with E-state index in [0.717, 1.165) is 6.08 Å². The Bertz CT molecular complexity index is 1260. The highest BCUT2D eigenvalue weighted by Gasteiger charge is 2.54. The molecule has 0 aromatic rings. The number of aliphatic hydroxyl groups is 16. The van der Waals surface area contributed by atoms with Gasteiger partial charge in [-0.15, -0.1) is 0 Å². The fraction of sp³-hybridized carbons (Fsp3) is 0.906. The molecule has 0 bridgehead atoms. The van der Waals surface area contributed by atoms with Crippen LogP contribution in [0.2, 0.25) is 0 Å². The van der Waals surface area contributed by atoms with Crippen LogP contribution in [0.3, 0.4) is 0 Å². The first-order valence-electron chi connectivity index (χ1n) is 17.9. The van der Waals surface area contributed by atoms with Gasteiger partial charge in [-0.1, -0.05) is 13.0 Å². The van der Waals surface area contributed by atoms with Gasteiger partial charge in [0.1, 0.15) is 79.4 Å². The van der Waals surface area contributed by atoms with Crippen LogP contribution in [0.1, 0.15) is 6.92 Å². The van der Waals surface area contributed by atoms with Crippen molar-refractivity contribution in [1.29, 1.82) is 0 Å². The minimum Gasteiger partial charge on any atom is -0.394 e. The first kappa shape index (κ1) is 47.2. The van der Waals surface area contributed by atoms with Crippen LogP contribution in [-0.4, -0.2) is 256 Å².